The van der Waals surface area contributed by atoms with Gasteiger partial charge in [0.25, 0.3) is 0 Å². The second-order valence-corrected chi connectivity index (χ2v) is 20.8. The van der Waals surface area contributed by atoms with Gasteiger partial charge in [-0.2, -0.15) is 0 Å². The fraction of sp³-hybridized carbons (Fsp3) is 0.880. The summed E-state index contributed by atoms with van der Waals surface area (Å²) in [5.41, 5.74) is 0. The molecule has 10 nitrogen and oxygen atoms in total. The van der Waals surface area contributed by atoms with E-state index in [-0.39, 0.29) is 37.7 Å². The van der Waals surface area contributed by atoms with Crippen molar-refractivity contribution in [1.82, 2.24) is 9.44 Å². The summed E-state index contributed by atoms with van der Waals surface area (Å²) in [5, 5.41) is 22.6. The fourth-order valence-corrected chi connectivity index (χ4v) is 9.10. The number of aliphatic carboxylic acids is 2. The van der Waals surface area contributed by atoms with E-state index in [2.05, 4.69) is 13.8 Å². The first-order chi connectivity index (χ1) is 30.0. The average Bonchev–Trinajstić information content (AvgIpc) is 3.23. The maximum atomic E-state index is 11.4. The molecule has 0 unspecified atom stereocenters. The predicted molar refractivity (Wildman–Crippen MR) is 264 cm³/mol. The smallest absolute Gasteiger partial charge is 0.549 e. The molecule has 0 bridgehead atoms. The van der Waals surface area contributed by atoms with Crippen LogP contribution >= 0.6 is 0 Å². The molecule has 0 atom stereocenters. The number of carboxylic acid groups (broad SMARTS) is 2. The van der Waals surface area contributed by atoms with Gasteiger partial charge in [-0.3, -0.25) is 0 Å². The molecule has 0 rings (SSSR count). The Morgan fingerprint density at radius 1 is 0.349 bits per heavy atom. The van der Waals surface area contributed by atoms with E-state index in [0.717, 1.165) is 36.5 Å². The summed E-state index contributed by atoms with van der Waals surface area (Å²) in [6.07, 6.45) is 55.4. The van der Waals surface area contributed by atoms with Crippen LogP contribution in [0.1, 0.15) is 271 Å². The van der Waals surface area contributed by atoms with Gasteiger partial charge in [-0.15, -0.1) is 0 Å². The third-order valence-electron chi connectivity index (χ3n) is 11.3. The maximum Gasteiger partial charge on any atom is 2.00 e. The van der Waals surface area contributed by atoms with E-state index in [1.54, 1.807) is 12.2 Å². The van der Waals surface area contributed by atoms with Crippen LogP contribution in [0.2, 0.25) is 0 Å². The molecule has 0 aliphatic rings. The Hall–Kier alpha value is -0.500. The Kier molecular flexibility index (Phi) is 55.6. The molecule has 0 amide bonds. The monoisotopic (exact) mass is 957 g/mol. The van der Waals surface area contributed by atoms with Crippen molar-refractivity contribution in [2.45, 2.75) is 271 Å². The zero-order valence-corrected chi connectivity index (χ0v) is 44.6. The molecule has 63 heavy (non-hydrogen) atoms. The number of hydrogen-bond donors (Lipinski definition) is 2. The van der Waals surface area contributed by atoms with Crippen LogP contribution in [0.3, 0.4) is 0 Å². The first kappa shape index (κ1) is 66.8. The Morgan fingerprint density at radius 3 is 0.698 bits per heavy atom. The van der Waals surface area contributed by atoms with Gasteiger partial charge in [0, 0.05) is 10.8 Å². The van der Waals surface area contributed by atoms with Crippen LogP contribution in [0.4, 0.5) is 0 Å². The van der Waals surface area contributed by atoms with Crippen LogP contribution in [-0.4, -0.2) is 79.6 Å². The zero-order valence-electron chi connectivity index (χ0n) is 40.8. The van der Waals surface area contributed by atoms with Gasteiger partial charge in [0.15, 0.2) is 0 Å². The van der Waals surface area contributed by atoms with Crippen LogP contribution in [-0.2, 0) is 29.6 Å². The van der Waals surface area contributed by atoms with Crippen LogP contribution in [0.5, 0.6) is 0 Å². The summed E-state index contributed by atoms with van der Waals surface area (Å²) in [5.74, 6) is -2.87. The summed E-state index contributed by atoms with van der Waals surface area (Å²) in [6.45, 7) is 3.17. The number of nitrogens with one attached hydrogen (secondary N) is 2. The molecule has 0 aromatic heterocycles. The Bertz CT molecular complexity index is 1170. The molecule has 2 N–H and O–H groups in total. The minimum atomic E-state index is -3.65. The van der Waals surface area contributed by atoms with E-state index >= 15 is 0 Å². The molecule has 0 saturated carbocycles. The van der Waals surface area contributed by atoms with Crippen molar-refractivity contribution in [3.05, 3.63) is 23.0 Å². The molecule has 0 spiro atoms. The fourth-order valence-electron chi connectivity index (χ4n) is 7.49. The zero-order chi connectivity index (χ0) is 46.1. The number of unbranched alkanes of at least 4 members (excludes halogenated alkanes) is 38. The largest absolute Gasteiger partial charge is 2.00 e. The van der Waals surface area contributed by atoms with Crippen molar-refractivity contribution in [1.29, 1.82) is 0 Å². The molecular weight excluding hydrogens is 861 g/mol. The molecular formula is C50H96CaN2O8S2. The summed E-state index contributed by atoms with van der Waals surface area (Å²) >= 11 is 0. The minimum Gasteiger partial charge on any atom is -0.549 e. The quantitative estimate of drug-likeness (QED) is 0.0448. The molecule has 13 heteroatoms. The minimum absolute atomic E-state index is 0. The number of carbonyl (C=O) groups is 2. The van der Waals surface area contributed by atoms with Gasteiger partial charge in [0.05, 0.1) is 25.0 Å². The predicted octanol–water partition coefficient (Wildman–Crippen LogP) is 11.6. The van der Waals surface area contributed by atoms with E-state index < -0.39 is 45.1 Å². The number of hydrogen-bond acceptors (Lipinski definition) is 8. The summed E-state index contributed by atoms with van der Waals surface area (Å²) in [7, 11) is -7.31. The SMILES string of the molecule is CCCCCCCCCCCCCCCCCCCCC/C=C/S(=O)(=O)NCC(=O)[O-].CCCCCCCCCCCCCCCCCCCCC/C=C/S(=O)(=O)NCC(=O)[O-].[Ca+2]. The second kappa shape index (κ2) is 52.5. The molecule has 0 aromatic rings. The third kappa shape index (κ3) is 61.5. The molecule has 0 aliphatic heterocycles. The molecule has 0 aliphatic carbocycles. The van der Waals surface area contributed by atoms with Gasteiger partial charge >= 0.3 is 37.7 Å². The van der Waals surface area contributed by atoms with E-state index in [1.165, 1.54) is 218 Å². The third-order valence-corrected chi connectivity index (χ3v) is 13.5. The van der Waals surface area contributed by atoms with Crippen molar-refractivity contribution < 1.29 is 36.6 Å². The van der Waals surface area contributed by atoms with Gasteiger partial charge in [0.1, 0.15) is 0 Å². The molecule has 0 radical (unpaired) electrons. The maximum absolute atomic E-state index is 11.4. The van der Waals surface area contributed by atoms with Gasteiger partial charge in [-0.05, 0) is 25.7 Å². The Balaban J connectivity index is -0.00000112. The van der Waals surface area contributed by atoms with Gasteiger partial charge in [0.2, 0.25) is 20.0 Å². The van der Waals surface area contributed by atoms with Gasteiger partial charge < -0.3 is 19.8 Å². The van der Waals surface area contributed by atoms with E-state index in [4.69, 9.17) is 0 Å². The normalized spacial score (nSPS) is 11.8. The van der Waals surface area contributed by atoms with Crippen molar-refractivity contribution in [3.8, 4) is 0 Å². The van der Waals surface area contributed by atoms with Gasteiger partial charge in [-0.25, -0.2) is 26.3 Å². The topological polar surface area (TPSA) is 173 Å². The number of carboxylic acids is 2. The number of carbonyl (C=O) groups excluding carboxylic acids is 2. The molecule has 0 aromatic carbocycles. The van der Waals surface area contributed by atoms with Crippen molar-refractivity contribution in [3.63, 3.8) is 0 Å². The van der Waals surface area contributed by atoms with Crippen LogP contribution in [0, 0.1) is 0 Å². The Morgan fingerprint density at radius 2 is 0.524 bits per heavy atom. The Labute approximate surface area is 419 Å². The van der Waals surface area contributed by atoms with Crippen molar-refractivity contribution in [2.75, 3.05) is 13.1 Å². The number of rotatable bonds is 48. The van der Waals surface area contributed by atoms with E-state index in [0.29, 0.717) is 12.8 Å². The molecule has 0 heterocycles. The van der Waals surface area contributed by atoms with Gasteiger partial charge in [-0.1, -0.05) is 257 Å². The van der Waals surface area contributed by atoms with Crippen molar-refractivity contribution >= 4 is 69.7 Å². The molecule has 0 saturated heterocycles. The summed E-state index contributed by atoms with van der Waals surface area (Å²) in [6, 6.07) is 0. The number of sulfonamides is 2. The standard InChI is InChI=1S/2C25H49NO4S.Ca/c2*1-2-3-4-5-6-7-8-9-10-11-12-13-14-15-16-17-18-19-20-21-22-23-31(29,30)26-24-25(27)28;/h2*22-23,26H,2-21,24H2,1H3,(H,27,28);/q;;+2/p-2/b2*23-22+;. The average molecular weight is 958 g/mol. The van der Waals surface area contributed by atoms with Crippen LogP contribution < -0.4 is 19.7 Å². The second-order valence-electron chi connectivity index (χ2n) is 17.5. The van der Waals surface area contributed by atoms with Crippen molar-refractivity contribution in [2.24, 2.45) is 0 Å². The first-order valence-corrected chi connectivity index (χ1v) is 28.8. The molecule has 0 fully saturated rings. The summed E-state index contributed by atoms with van der Waals surface area (Å²) < 4.78 is 49.7. The van der Waals surface area contributed by atoms with Crippen LogP contribution in [0.25, 0.3) is 0 Å². The van der Waals surface area contributed by atoms with E-state index in [1.807, 2.05) is 9.44 Å². The summed E-state index contributed by atoms with van der Waals surface area (Å²) in [4.78, 5) is 20.5. The van der Waals surface area contributed by atoms with E-state index in [9.17, 15) is 36.6 Å². The number of allylic oxidation sites excluding steroid dienone is 2. The molecule has 368 valence electrons. The van der Waals surface area contributed by atoms with Crippen LogP contribution in [0.15, 0.2) is 23.0 Å². The first-order valence-electron chi connectivity index (χ1n) is 25.7.